The molecule has 0 aliphatic carbocycles. The van der Waals surface area contributed by atoms with Gasteiger partial charge >= 0.3 is 29.2 Å². The maximum absolute atomic E-state index is 14.2. The molecule has 32 heavy (non-hydrogen) atoms. The van der Waals surface area contributed by atoms with E-state index in [-0.39, 0.29) is 0 Å². The molecule has 0 radical (unpaired) electrons. The van der Waals surface area contributed by atoms with Gasteiger partial charge < -0.3 is 5.11 Å². The molecule has 1 aromatic rings. The van der Waals surface area contributed by atoms with Crippen LogP contribution in [0.2, 0.25) is 0 Å². The second-order valence-corrected chi connectivity index (χ2v) is 8.05. The Labute approximate surface area is 172 Å². The van der Waals surface area contributed by atoms with Gasteiger partial charge in [-0.25, -0.2) is 8.42 Å². The fourth-order valence-corrected chi connectivity index (χ4v) is 3.78. The molecule has 8 nitrogen and oxygen atoms in total. The highest BCUT2D eigenvalue weighted by atomic mass is 32.2. The van der Waals surface area contributed by atoms with Crippen LogP contribution in [0, 0.1) is 10.1 Å². The lowest BCUT2D eigenvalue weighted by Gasteiger charge is -2.36. The SMILES string of the molecule is C[C@@H](C(=O)O)N(Cc1ccccc1[N+](=O)[O-])S(=O)(=O)C(F)(F)C(F)(F)C(F)(F)C(F)(F)F. The lowest BCUT2D eigenvalue weighted by Crippen LogP contribution is -2.66. The minimum absolute atomic E-state index is 0.296. The van der Waals surface area contributed by atoms with Crippen molar-refractivity contribution in [1.29, 1.82) is 0 Å². The van der Waals surface area contributed by atoms with Crippen molar-refractivity contribution in [1.82, 2.24) is 4.31 Å². The highest BCUT2D eigenvalue weighted by molar-refractivity contribution is 7.90. The Hall–Kier alpha value is -2.63. The second kappa shape index (κ2) is 8.38. The van der Waals surface area contributed by atoms with Crippen molar-refractivity contribution in [3.63, 3.8) is 0 Å². The Morgan fingerprint density at radius 1 is 1.06 bits per heavy atom. The number of nitrogens with zero attached hydrogens (tertiary/aromatic N) is 2. The van der Waals surface area contributed by atoms with Gasteiger partial charge in [-0.3, -0.25) is 14.9 Å². The van der Waals surface area contributed by atoms with Crippen molar-refractivity contribution in [3.8, 4) is 0 Å². The summed E-state index contributed by atoms with van der Waals surface area (Å²) in [4.78, 5) is 20.9. The van der Waals surface area contributed by atoms with E-state index in [2.05, 4.69) is 0 Å². The highest BCUT2D eigenvalue weighted by Crippen LogP contribution is 2.55. The van der Waals surface area contributed by atoms with Crippen LogP contribution in [0.4, 0.5) is 45.2 Å². The predicted molar refractivity (Wildman–Crippen MR) is 85.6 cm³/mol. The molecule has 0 saturated heterocycles. The fraction of sp³-hybridized carbons (Fsp3) is 0.500. The smallest absolute Gasteiger partial charge is 0.460 e. The molecule has 18 heteroatoms. The molecule has 1 atom stereocenters. The quantitative estimate of drug-likeness (QED) is 0.311. The molecule has 0 spiro atoms. The van der Waals surface area contributed by atoms with Crippen molar-refractivity contribution in [2.75, 3.05) is 0 Å². The molecule has 1 aromatic carbocycles. The van der Waals surface area contributed by atoms with Gasteiger partial charge in [0, 0.05) is 18.2 Å². The van der Waals surface area contributed by atoms with E-state index in [1.165, 1.54) is 0 Å². The molecule has 0 aliphatic heterocycles. The molecule has 0 saturated carbocycles. The summed E-state index contributed by atoms with van der Waals surface area (Å²) in [5.74, 6) is -17.5. The van der Waals surface area contributed by atoms with E-state index in [0.29, 0.717) is 19.1 Å². The van der Waals surface area contributed by atoms with E-state index >= 15 is 0 Å². The minimum Gasteiger partial charge on any atom is -0.480 e. The van der Waals surface area contributed by atoms with E-state index in [9.17, 15) is 62.8 Å². The van der Waals surface area contributed by atoms with Gasteiger partial charge in [-0.1, -0.05) is 18.2 Å². The number of nitro benzene ring substituents is 1. The summed E-state index contributed by atoms with van der Waals surface area (Å²) in [6.07, 6.45) is -7.32. The highest BCUT2D eigenvalue weighted by Gasteiger charge is 2.86. The molecule has 182 valence electrons. The van der Waals surface area contributed by atoms with Gasteiger partial charge in [-0.05, 0) is 6.92 Å². The van der Waals surface area contributed by atoms with Crippen LogP contribution in [-0.2, 0) is 21.4 Å². The molecule has 0 fully saturated rings. The third-order valence-electron chi connectivity index (χ3n) is 4.05. The largest absolute Gasteiger partial charge is 0.480 e. The normalized spacial score (nSPS) is 15.0. The van der Waals surface area contributed by atoms with Crippen molar-refractivity contribution in [2.24, 2.45) is 0 Å². The van der Waals surface area contributed by atoms with Crippen LogP contribution in [-0.4, -0.2) is 58.0 Å². The zero-order chi connectivity index (χ0) is 25.5. The summed E-state index contributed by atoms with van der Waals surface area (Å²) in [5, 5.41) is 12.7. The van der Waals surface area contributed by atoms with Crippen LogP contribution in [0.3, 0.4) is 0 Å². The number of carboxylic acids is 1. The standard InChI is InChI=1S/C14H11F9N2O6S/c1-7(10(26)27)24(6-8-4-2-3-5-9(8)25(28)29)32(30,31)14(22,23)12(17,18)11(15,16)13(19,20)21/h2-5,7H,6H2,1H3,(H,26,27)/t7-/m0/s1. The number of carbonyl (C=O) groups is 1. The van der Waals surface area contributed by atoms with Gasteiger partial charge in [-0.15, -0.1) is 0 Å². The maximum atomic E-state index is 14.2. The summed E-state index contributed by atoms with van der Waals surface area (Å²) in [6.45, 7) is -1.46. The van der Waals surface area contributed by atoms with Crippen LogP contribution in [0.25, 0.3) is 0 Å². The van der Waals surface area contributed by atoms with Crippen LogP contribution < -0.4 is 0 Å². The first kappa shape index (κ1) is 27.4. The number of aliphatic carboxylic acids is 1. The molecular formula is C14H11F9N2O6S. The van der Waals surface area contributed by atoms with Crippen molar-refractivity contribution in [3.05, 3.63) is 39.9 Å². The molecule has 0 heterocycles. The summed E-state index contributed by atoms with van der Waals surface area (Å²) >= 11 is 0. The molecule has 1 rings (SSSR count). The Balaban J connectivity index is 3.73. The molecule has 0 aromatic heterocycles. The summed E-state index contributed by atoms with van der Waals surface area (Å²) in [7, 11) is -7.32. The molecule has 0 unspecified atom stereocenters. The number of hydrogen-bond donors (Lipinski definition) is 1. The predicted octanol–water partition coefficient (Wildman–Crippen LogP) is 3.63. The Bertz CT molecular complexity index is 997. The summed E-state index contributed by atoms with van der Waals surface area (Å²) in [6, 6.07) is 0.573. The molecule has 0 amide bonds. The van der Waals surface area contributed by atoms with Gasteiger partial charge in [-0.2, -0.15) is 43.8 Å². The molecule has 0 bridgehead atoms. The first-order valence-corrected chi connectivity index (χ1v) is 9.25. The van der Waals surface area contributed by atoms with Crippen LogP contribution >= 0.6 is 0 Å². The number of para-hydroxylation sites is 1. The Morgan fingerprint density at radius 2 is 1.53 bits per heavy atom. The van der Waals surface area contributed by atoms with E-state index in [1.54, 1.807) is 0 Å². The summed E-state index contributed by atoms with van der Waals surface area (Å²) < 4.78 is 142. The average Bonchev–Trinajstić information content (AvgIpc) is 2.64. The van der Waals surface area contributed by atoms with Gasteiger partial charge in [0.1, 0.15) is 6.04 Å². The number of sulfonamides is 1. The van der Waals surface area contributed by atoms with Crippen LogP contribution in [0.5, 0.6) is 0 Å². The molecule has 1 N–H and O–H groups in total. The Morgan fingerprint density at radius 3 is 1.94 bits per heavy atom. The van der Waals surface area contributed by atoms with Crippen LogP contribution in [0.15, 0.2) is 24.3 Å². The number of rotatable bonds is 9. The monoisotopic (exact) mass is 506 g/mol. The van der Waals surface area contributed by atoms with E-state index in [1.807, 2.05) is 0 Å². The lowest BCUT2D eigenvalue weighted by atomic mass is 10.1. The van der Waals surface area contributed by atoms with E-state index < -0.39 is 72.3 Å². The topological polar surface area (TPSA) is 118 Å². The van der Waals surface area contributed by atoms with E-state index in [4.69, 9.17) is 5.11 Å². The number of alkyl halides is 9. The summed E-state index contributed by atoms with van der Waals surface area (Å²) in [5.41, 5.74) is -1.86. The van der Waals surface area contributed by atoms with Gasteiger partial charge in [0.05, 0.1) is 4.92 Å². The number of nitro groups is 1. The minimum atomic E-state index is -7.60. The van der Waals surface area contributed by atoms with Gasteiger partial charge in [0.2, 0.25) is 0 Å². The number of halogens is 9. The second-order valence-electron chi connectivity index (χ2n) is 6.11. The third kappa shape index (κ3) is 4.32. The third-order valence-corrected chi connectivity index (χ3v) is 6.02. The number of benzene rings is 1. The van der Waals surface area contributed by atoms with Crippen molar-refractivity contribution in [2.45, 2.75) is 42.8 Å². The number of hydrogen-bond acceptors (Lipinski definition) is 5. The van der Waals surface area contributed by atoms with Crippen LogP contribution in [0.1, 0.15) is 12.5 Å². The van der Waals surface area contributed by atoms with Gasteiger partial charge in [0.25, 0.3) is 15.7 Å². The molecular weight excluding hydrogens is 495 g/mol. The molecule has 0 aliphatic rings. The van der Waals surface area contributed by atoms with Gasteiger partial charge in [0.15, 0.2) is 0 Å². The van der Waals surface area contributed by atoms with Crippen molar-refractivity contribution < 1.29 is 62.8 Å². The number of carboxylic acid groups (broad SMARTS) is 1. The fourth-order valence-electron chi connectivity index (χ4n) is 2.21. The van der Waals surface area contributed by atoms with Crippen molar-refractivity contribution >= 4 is 21.7 Å². The van der Waals surface area contributed by atoms with E-state index in [0.717, 1.165) is 12.1 Å². The Kier molecular flexibility index (Phi) is 7.17. The maximum Gasteiger partial charge on any atom is 0.460 e. The zero-order valence-corrected chi connectivity index (χ0v) is 16.1. The first-order chi connectivity index (χ1) is 14.1. The average molecular weight is 506 g/mol. The first-order valence-electron chi connectivity index (χ1n) is 7.81. The zero-order valence-electron chi connectivity index (χ0n) is 15.3. The lowest BCUT2D eigenvalue weighted by molar-refractivity contribution is -0.385.